The van der Waals surface area contributed by atoms with E-state index in [9.17, 15) is 36.6 Å². The lowest BCUT2D eigenvalue weighted by molar-refractivity contribution is -0.143. The predicted octanol–water partition coefficient (Wildman–Crippen LogP) is 5.49. The Morgan fingerprint density at radius 1 is 0.531 bits per heavy atom. The highest BCUT2D eigenvalue weighted by atomic mass is 35.5. The molecule has 0 fully saturated rings. The molecule has 0 radical (unpaired) electrons. The van der Waals surface area contributed by atoms with Crippen LogP contribution >= 0.6 is 24.8 Å². The summed E-state index contributed by atoms with van der Waals surface area (Å²) < 4.78 is 85.1. The van der Waals surface area contributed by atoms with E-state index in [1.165, 1.54) is 57.4 Å². The van der Waals surface area contributed by atoms with Crippen LogP contribution in [0.25, 0.3) is 56.1 Å². The molecule has 0 saturated carbocycles. The molecule has 4 N–H and O–H groups in total. The minimum absolute atomic E-state index is 0. The van der Waals surface area contributed by atoms with Crippen molar-refractivity contribution >= 4 is 35.8 Å². The van der Waals surface area contributed by atoms with Crippen LogP contribution in [0.15, 0.2) is 86.5 Å². The van der Waals surface area contributed by atoms with Crippen molar-refractivity contribution in [2.45, 2.75) is 76.4 Å². The van der Waals surface area contributed by atoms with Gasteiger partial charge in [0.25, 0.3) is 0 Å². The monoisotopic (exact) mass is 942 g/mol. The van der Waals surface area contributed by atoms with Crippen molar-refractivity contribution in [2.75, 3.05) is 13.2 Å². The van der Waals surface area contributed by atoms with Gasteiger partial charge in [0, 0.05) is 47.0 Å². The van der Waals surface area contributed by atoms with Crippen LogP contribution in [0.4, 0.5) is 26.3 Å². The molecule has 0 aliphatic carbocycles. The molecule has 0 unspecified atom stereocenters. The Hall–Kier alpha value is -5.92. The summed E-state index contributed by atoms with van der Waals surface area (Å²) in [5, 5.41) is 62.2. The Bertz CT molecular complexity index is 2560. The number of hydrogen-bond donors (Lipinski definition) is 4. The van der Waals surface area contributed by atoms with Gasteiger partial charge in [-0.15, -0.1) is 24.8 Å². The van der Waals surface area contributed by atoms with Crippen molar-refractivity contribution in [1.29, 1.82) is 0 Å². The molecule has 0 saturated heterocycles. The van der Waals surface area contributed by atoms with Crippen molar-refractivity contribution in [3.05, 3.63) is 86.5 Å². The molecule has 0 aliphatic heterocycles. The lowest BCUT2D eigenvalue weighted by atomic mass is 10.2. The van der Waals surface area contributed by atoms with Crippen molar-refractivity contribution in [3.8, 4) is 45.0 Å². The van der Waals surface area contributed by atoms with Gasteiger partial charge in [0.1, 0.15) is 0 Å². The molecule has 0 spiro atoms. The normalized spacial score (nSPS) is 13.8. The summed E-state index contributed by atoms with van der Waals surface area (Å²) in [4.78, 5) is 9.34. The zero-order valence-electron chi connectivity index (χ0n) is 33.8. The molecule has 0 aromatic carbocycles. The van der Waals surface area contributed by atoms with E-state index < -0.39 is 49.5 Å². The fraction of sp³-hybridized carbons (Fsp3) is 0.368. The number of aliphatic hydroxyl groups excluding tert-OH is 4. The first kappa shape index (κ1) is 49.1. The molecule has 0 amide bonds. The quantitative estimate of drug-likeness (QED) is 0.0998. The average molecular weight is 944 g/mol. The van der Waals surface area contributed by atoms with Crippen LogP contribution in [0.2, 0.25) is 0 Å². The van der Waals surface area contributed by atoms with Gasteiger partial charge in [0.15, 0.2) is 0 Å². The first-order chi connectivity index (χ1) is 29.5. The van der Waals surface area contributed by atoms with Gasteiger partial charge in [-0.25, -0.2) is 19.0 Å². The maximum Gasteiger partial charge on any atom is 0.391 e. The molecule has 18 nitrogen and oxygen atoms in total. The Kier molecular flexibility index (Phi) is 15.6. The van der Waals surface area contributed by atoms with Gasteiger partial charge in [-0.05, 0) is 26.0 Å². The summed E-state index contributed by atoms with van der Waals surface area (Å²) in [7, 11) is 0. The van der Waals surface area contributed by atoms with E-state index >= 15 is 0 Å². The lowest BCUT2D eigenvalue weighted by Crippen LogP contribution is -2.19. The highest BCUT2D eigenvalue weighted by Crippen LogP contribution is 2.32. The standard InChI is InChI=1S/2C19H20F3N7O2.2ClH/c2*1-12(4-19(20,21)22)28-8-14(6-25-28)18-17-2-3-23-29(17)10-16(26-18)13-5-24-27(7-13)9-15(31)11-30;;/h2*2-3,5-8,10,12,15,30-31H,4,9,11H2,1H3;2*1H/t12-,15+;12-,15-;;/m01../s1. The van der Waals surface area contributed by atoms with Crippen LogP contribution in [-0.4, -0.2) is 127 Å². The first-order valence-electron chi connectivity index (χ1n) is 19.0. The summed E-state index contributed by atoms with van der Waals surface area (Å²) in [6.45, 7) is 2.39. The number of nitrogens with zero attached hydrogens (tertiary/aromatic N) is 14. The Balaban J connectivity index is 0.000000234. The van der Waals surface area contributed by atoms with Crippen molar-refractivity contribution in [3.63, 3.8) is 0 Å². The summed E-state index contributed by atoms with van der Waals surface area (Å²) in [6.07, 6.45) is 6.73. The Morgan fingerprint density at radius 3 is 1.27 bits per heavy atom. The highest BCUT2D eigenvalue weighted by molar-refractivity contribution is 5.85. The Labute approximate surface area is 371 Å². The van der Waals surface area contributed by atoms with E-state index in [-0.39, 0.29) is 51.1 Å². The molecule has 4 atom stereocenters. The van der Waals surface area contributed by atoms with Crippen LogP contribution in [0.3, 0.4) is 0 Å². The van der Waals surface area contributed by atoms with Crippen LogP contribution in [-0.2, 0) is 13.1 Å². The SMILES string of the molecule is C[C@@H](CC(F)(F)F)n1cc(-c2nc(-c3cnn(C[C@@H](O)CO)c3)cn3nccc23)cn1.C[C@H](CC(F)(F)F)n1cc(-c2nc(-c3cnn(C[C@@H](O)CO)c3)cn3nccc23)cn1.Cl.Cl. The molecule has 26 heteroatoms. The highest BCUT2D eigenvalue weighted by Gasteiger charge is 2.32. The molecule has 8 aromatic heterocycles. The molecule has 64 heavy (non-hydrogen) atoms. The number of aromatic nitrogens is 14. The van der Waals surface area contributed by atoms with E-state index in [0.29, 0.717) is 56.1 Å². The number of aliphatic hydroxyl groups is 4. The van der Waals surface area contributed by atoms with Crippen LogP contribution in [0.5, 0.6) is 0 Å². The average Bonchev–Trinajstić information content (AvgIpc) is 4.07. The molecular weight excluding hydrogens is 901 g/mol. The minimum atomic E-state index is -4.29. The van der Waals surface area contributed by atoms with Crippen LogP contribution < -0.4 is 0 Å². The van der Waals surface area contributed by atoms with Crippen LogP contribution in [0, 0.1) is 0 Å². The third-order valence-corrected chi connectivity index (χ3v) is 9.56. The van der Waals surface area contributed by atoms with E-state index in [2.05, 4.69) is 40.6 Å². The maximum absolute atomic E-state index is 12.7. The van der Waals surface area contributed by atoms with E-state index in [1.807, 2.05) is 0 Å². The number of hydrogen-bond acceptors (Lipinski definition) is 12. The fourth-order valence-corrected chi connectivity index (χ4v) is 6.56. The largest absolute Gasteiger partial charge is 0.394 e. The number of alkyl halides is 6. The Morgan fingerprint density at radius 2 is 0.906 bits per heavy atom. The molecule has 0 aliphatic rings. The lowest BCUT2D eigenvalue weighted by Gasteiger charge is -2.14. The molecular formula is C38H42Cl2F6N14O4. The number of rotatable bonds is 14. The fourth-order valence-electron chi connectivity index (χ4n) is 6.56. The van der Waals surface area contributed by atoms with Crippen LogP contribution in [0.1, 0.15) is 38.8 Å². The van der Waals surface area contributed by atoms with Crippen molar-refractivity contribution in [2.24, 2.45) is 0 Å². The number of fused-ring (bicyclic) bond motifs is 2. The molecule has 344 valence electrons. The second-order valence-electron chi connectivity index (χ2n) is 14.6. The molecule has 0 bridgehead atoms. The van der Waals surface area contributed by atoms with Gasteiger partial charge in [-0.3, -0.25) is 18.7 Å². The molecule has 8 aromatic rings. The van der Waals surface area contributed by atoms with Crippen molar-refractivity contribution < 1.29 is 46.8 Å². The van der Waals surface area contributed by atoms with Crippen molar-refractivity contribution in [1.82, 2.24) is 68.3 Å². The third kappa shape index (κ3) is 11.8. The van der Waals surface area contributed by atoms with E-state index in [0.717, 1.165) is 0 Å². The second-order valence-corrected chi connectivity index (χ2v) is 14.6. The zero-order valence-corrected chi connectivity index (χ0v) is 35.4. The van der Waals surface area contributed by atoms with Gasteiger partial charge in [-0.2, -0.15) is 56.9 Å². The minimum Gasteiger partial charge on any atom is -0.394 e. The zero-order chi connectivity index (χ0) is 44.3. The molecule has 8 heterocycles. The second kappa shape index (κ2) is 20.3. The number of halogens is 8. The van der Waals surface area contributed by atoms with Gasteiger partial charge < -0.3 is 20.4 Å². The van der Waals surface area contributed by atoms with Gasteiger partial charge in [0.05, 0.1) is 147 Å². The van der Waals surface area contributed by atoms with E-state index in [1.54, 1.807) is 70.7 Å². The molecule has 8 rings (SSSR count). The predicted molar refractivity (Wildman–Crippen MR) is 222 cm³/mol. The van der Waals surface area contributed by atoms with E-state index in [4.69, 9.17) is 10.2 Å². The van der Waals surface area contributed by atoms with Gasteiger partial charge in [-0.1, -0.05) is 0 Å². The summed E-state index contributed by atoms with van der Waals surface area (Å²) in [5.41, 5.74) is 5.88. The summed E-state index contributed by atoms with van der Waals surface area (Å²) >= 11 is 0. The topological polar surface area (TPSA) is 213 Å². The maximum atomic E-state index is 12.7. The van der Waals surface area contributed by atoms with Gasteiger partial charge in [0.2, 0.25) is 0 Å². The smallest absolute Gasteiger partial charge is 0.391 e. The first-order valence-corrected chi connectivity index (χ1v) is 19.0. The third-order valence-electron chi connectivity index (χ3n) is 9.56. The summed E-state index contributed by atoms with van der Waals surface area (Å²) in [6, 6.07) is 1.80. The van der Waals surface area contributed by atoms with Gasteiger partial charge >= 0.3 is 12.4 Å². The summed E-state index contributed by atoms with van der Waals surface area (Å²) in [5.74, 6) is 0.